The maximum Gasteiger partial charge on any atom is 0.150 e. The second-order valence-corrected chi connectivity index (χ2v) is 7.84. The monoisotopic (exact) mass is 420 g/mol. The molecule has 0 amide bonds. The topological polar surface area (TPSA) is 52.0 Å². The van der Waals surface area contributed by atoms with Gasteiger partial charge in [0.1, 0.15) is 17.9 Å². The molecule has 0 bridgehead atoms. The maximum atomic E-state index is 5.33. The highest BCUT2D eigenvalue weighted by Gasteiger charge is 2.18. The van der Waals surface area contributed by atoms with Crippen molar-refractivity contribution >= 4 is 22.5 Å². The highest BCUT2D eigenvalue weighted by Crippen LogP contribution is 2.36. The smallest absolute Gasteiger partial charge is 0.150 e. The average molecular weight is 421 g/mol. The van der Waals surface area contributed by atoms with Crippen LogP contribution in [0.4, 0.5) is 11.5 Å². The number of nitrogens with one attached hydrogen (secondary N) is 1. The minimum atomic E-state index is 0.785. The molecule has 158 valence electrons. The van der Waals surface area contributed by atoms with Crippen LogP contribution in [0, 0.1) is 13.8 Å². The number of aryl methyl sites for hydroxylation is 2. The van der Waals surface area contributed by atoms with Crippen LogP contribution in [-0.2, 0) is 0 Å². The van der Waals surface area contributed by atoms with Crippen LogP contribution in [0.2, 0.25) is 0 Å². The molecule has 0 atom stereocenters. The van der Waals surface area contributed by atoms with Crippen molar-refractivity contribution in [2.45, 2.75) is 13.8 Å². The van der Waals surface area contributed by atoms with Crippen LogP contribution in [0.3, 0.4) is 0 Å². The summed E-state index contributed by atoms with van der Waals surface area (Å²) in [6.07, 6.45) is 3.74. The molecule has 5 rings (SSSR count). The fraction of sp³-hybridized carbons (Fsp3) is 0.111. The first-order valence-corrected chi connectivity index (χ1v) is 10.5. The van der Waals surface area contributed by atoms with Gasteiger partial charge in [0.25, 0.3) is 0 Å². The quantitative estimate of drug-likeness (QED) is 0.355. The molecule has 0 radical (unpaired) electrons. The summed E-state index contributed by atoms with van der Waals surface area (Å²) in [5, 5.41) is 4.53. The molecule has 3 aromatic carbocycles. The lowest BCUT2D eigenvalue weighted by atomic mass is 10.1. The van der Waals surface area contributed by atoms with Crippen molar-refractivity contribution in [2.24, 2.45) is 0 Å². The van der Waals surface area contributed by atoms with Crippen molar-refractivity contribution in [2.75, 3.05) is 12.4 Å². The third-order valence-corrected chi connectivity index (χ3v) is 5.65. The van der Waals surface area contributed by atoms with E-state index in [-0.39, 0.29) is 0 Å². The summed E-state index contributed by atoms with van der Waals surface area (Å²) in [5.41, 5.74) is 7.48. The molecule has 5 heteroatoms. The van der Waals surface area contributed by atoms with Gasteiger partial charge in [-0.3, -0.25) is 0 Å². The Morgan fingerprint density at radius 2 is 1.66 bits per heavy atom. The Hall–Kier alpha value is -4.12. The average Bonchev–Trinajstić information content (AvgIpc) is 3.22. The van der Waals surface area contributed by atoms with Crippen LogP contribution in [0.1, 0.15) is 11.1 Å². The number of fused-ring (bicyclic) bond motifs is 1. The van der Waals surface area contributed by atoms with Gasteiger partial charge in [-0.25, -0.2) is 9.97 Å². The van der Waals surface area contributed by atoms with Gasteiger partial charge in [0.2, 0.25) is 0 Å². The summed E-state index contributed by atoms with van der Waals surface area (Å²) in [7, 11) is 1.67. The summed E-state index contributed by atoms with van der Waals surface area (Å²) >= 11 is 0. The minimum absolute atomic E-state index is 0.785. The molecule has 0 aliphatic carbocycles. The van der Waals surface area contributed by atoms with Gasteiger partial charge in [-0.2, -0.15) is 0 Å². The Balaban J connectivity index is 1.72. The molecule has 2 aromatic heterocycles. The van der Waals surface area contributed by atoms with Crippen LogP contribution in [0.15, 0.2) is 85.3 Å². The highest BCUT2D eigenvalue weighted by molar-refractivity contribution is 6.03. The number of hydrogen-bond acceptors (Lipinski definition) is 4. The SMILES string of the molecule is COc1ccc(-n2cc(-c3ccccc3)c3c(Nc4ccc(C)cc4C)ncnc32)cc1. The van der Waals surface area contributed by atoms with Gasteiger partial charge in [-0.15, -0.1) is 0 Å². The zero-order valence-corrected chi connectivity index (χ0v) is 18.3. The van der Waals surface area contributed by atoms with Gasteiger partial charge >= 0.3 is 0 Å². The molecular weight excluding hydrogens is 396 g/mol. The van der Waals surface area contributed by atoms with Gasteiger partial charge in [-0.05, 0) is 55.3 Å². The molecule has 32 heavy (non-hydrogen) atoms. The number of benzene rings is 3. The molecule has 1 N–H and O–H groups in total. The fourth-order valence-electron chi connectivity index (χ4n) is 4.01. The lowest BCUT2D eigenvalue weighted by Gasteiger charge is -2.12. The van der Waals surface area contributed by atoms with Crippen LogP contribution in [-0.4, -0.2) is 21.6 Å². The zero-order valence-electron chi connectivity index (χ0n) is 18.3. The maximum absolute atomic E-state index is 5.33. The standard InChI is InChI=1S/C27H24N4O/c1-18-9-14-24(19(2)15-18)30-26-25-23(20-7-5-4-6-8-20)16-31(27(25)29-17-28-26)21-10-12-22(32-3)13-11-21/h4-17H,1-3H3,(H,28,29,30). The summed E-state index contributed by atoms with van der Waals surface area (Å²) < 4.78 is 7.43. The summed E-state index contributed by atoms with van der Waals surface area (Å²) in [4.78, 5) is 9.30. The molecule has 0 spiro atoms. The molecule has 0 unspecified atom stereocenters. The molecule has 0 saturated carbocycles. The Morgan fingerprint density at radius 1 is 0.875 bits per heavy atom. The lowest BCUT2D eigenvalue weighted by Crippen LogP contribution is -1.99. The molecule has 0 aliphatic rings. The van der Waals surface area contributed by atoms with E-state index >= 15 is 0 Å². The first kappa shape index (κ1) is 19.8. The third-order valence-electron chi connectivity index (χ3n) is 5.65. The molecule has 5 aromatic rings. The second kappa shape index (κ2) is 8.19. The van der Waals surface area contributed by atoms with E-state index in [2.05, 4.69) is 70.2 Å². The number of nitrogens with zero attached hydrogens (tertiary/aromatic N) is 3. The fourth-order valence-corrected chi connectivity index (χ4v) is 4.01. The minimum Gasteiger partial charge on any atom is -0.497 e. The van der Waals surface area contributed by atoms with Crippen LogP contribution in [0.25, 0.3) is 27.8 Å². The van der Waals surface area contributed by atoms with Crippen molar-refractivity contribution in [1.29, 1.82) is 0 Å². The first-order valence-electron chi connectivity index (χ1n) is 10.5. The van der Waals surface area contributed by atoms with Gasteiger partial charge in [0.15, 0.2) is 5.65 Å². The number of rotatable bonds is 5. The Morgan fingerprint density at radius 3 is 2.38 bits per heavy atom. The largest absolute Gasteiger partial charge is 0.497 e. The van der Waals surface area contributed by atoms with E-state index in [4.69, 9.17) is 4.74 Å². The summed E-state index contributed by atoms with van der Waals surface area (Å²) in [6, 6.07) is 24.7. The van der Waals surface area contributed by atoms with Gasteiger partial charge in [-0.1, -0.05) is 48.0 Å². The van der Waals surface area contributed by atoms with E-state index in [0.717, 1.165) is 45.1 Å². The molecule has 0 aliphatic heterocycles. The lowest BCUT2D eigenvalue weighted by molar-refractivity contribution is 0.415. The van der Waals surface area contributed by atoms with Gasteiger partial charge in [0.05, 0.1) is 12.5 Å². The van der Waals surface area contributed by atoms with Crippen molar-refractivity contribution in [1.82, 2.24) is 14.5 Å². The van der Waals surface area contributed by atoms with E-state index in [9.17, 15) is 0 Å². The number of ether oxygens (including phenoxy) is 1. The van der Waals surface area contributed by atoms with Crippen molar-refractivity contribution in [3.05, 3.63) is 96.4 Å². The predicted molar refractivity (Wildman–Crippen MR) is 130 cm³/mol. The summed E-state index contributed by atoms with van der Waals surface area (Å²) in [5.74, 6) is 1.60. The normalized spacial score (nSPS) is 11.0. The highest BCUT2D eigenvalue weighted by atomic mass is 16.5. The molecular formula is C27H24N4O. The van der Waals surface area contributed by atoms with E-state index in [1.165, 1.54) is 11.1 Å². The first-order chi connectivity index (χ1) is 15.6. The predicted octanol–water partition coefficient (Wildman–Crippen LogP) is 6.46. The Kier molecular flexibility index (Phi) is 5.07. The van der Waals surface area contributed by atoms with E-state index < -0.39 is 0 Å². The van der Waals surface area contributed by atoms with Gasteiger partial charge < -0.3 is 14.6 Å². The van der Waals surface area contributed by atoms with Crippen molar-refractivity contribution in [3.63, 3.8) is 0 Å². The Bertz CT molecular complexity index is 1390. The van der Waals surface area contributed by atoms with Crippen LogP contribution >= 0.6 is 0 Å². The van der Waals surface area contributed by atoms with Crippen molar-refractivity contribution in [3.8, 4) is 22.6 Å². The van der Waals surface area contributed by atoms with E-state index in [1.807, 2.05) is 42.5 Å². The molecule has 5 nitrogen and oxygen atoms in total. The molecule has 0 saturated heterocycles. The third kappa shape index (κ3) is 3.58. The van der Waals surface area contributed by atoms with E-state index in [0.29, 0.717) is 0 Å². The number of aromatic nitrogens is 3. The van der Waals surface area contributed by atoms with E-state index in [1.54, 1.807) is 13.4 Å². The second-order valence-electron chi connectivity index (χ2n) is 7.84. The Labute approximate surface area is 187 Å². The van der Waals surface area contributed by atoms with Gasteiger partial charge in [0, 0.05) is 23.1 Å². The number of anilines is 2. The molecule has 2 heterocycles. The zero-order chi connectivity index (χ0) is 22.1. The van der Waals surface area contributed by atoms with Crippen LogP contribution < -0.4 is 10.1 Å². The molecule has 0 fully saturated rings. The number of hydrogen-bond donors (Lipinski definition) is 1. The summed E-state index contributed by atoms with van der Waals surface area (Å²) in [6.45, 7) is 4.20. The van der Waals surface area contributed by atoms with Crippen LogP contribution in [0.5, 0.6) is 5.75 Å². The number of methoxy groups -OCH3 is 1. The van der Waals surface area contributed by atoms with Crippen molar-refractivity contribution < 1.29 is 4.74 Å².